The van der Waals surface area contributed by atoms with Gasteiger partial charge in [0, 0.05) is 12.5 Å². The van der Waals surface area contributed by atoms with E-state index in [-0.39, 0.29) is 5.91 Å². The topological polar surface area (TPSA) is 66.4 Å². The van der Waals surface area contributed by atoms with E-state index in [4.69, 9.17) is 5.11 Å². The van der Waals surface area contributed by atoms with Crippen LogP contribution in [0, 0.1) is 11.3 Å². The number of carboxylic acids is 1. The van der Waals surface area contributed by atoms with E-state index < -0.39 is 17.3 Å². The van der Waals surface area contributed by atoms with Crippen molar-refractivity contribution in [3.63, 3.8) is 0 Å². The van der Waals surface area contributed by atoms with Crippen LogP contribution in [0.4, 0.5) is 0 Å². The van der Waals surface area contributed by atoms with E-state index in [1.165, 1.54) is 0 Å². The first-order valence-corrected chi connectivity index (χ1v) is 5.47. The summed E-state index contributed by atoms with van der Waals surface area (Å²) < 4.78 is 0. The summed E-state index contributed by atoms with van der Waals surface area (Å²) in [5.41, 5.74) is -0.424. The molecule has 4 heteroatoms. The summed E-state index contributed by atoms with van der Waals surface area (Å²) in [7, 11) is 1.62. The van der Waals surface area contributed by atoms with Crippen LogP contribution in [0.3, 0.4) is 0 Å². The van der Waals surface area contributed by atoms with Crippen LogP contribution < -0.4 is 5.32 Å². The maximum atomic E-state index is 11.8. The molecule has 0 bridgehead atoms. The fourth-order valence-electron chi connectivity index (χ4n) is 2.51. The lowest BCUT2D eigenvalue weighted by Crippen LogP contribution is -2.39. The Hall–Kier alpha value is -1.06. The molecule has 4 nitrogen and oxygen atoms in total. The van der Waals surface area contributed by atoms with Gasteiger partial charge >= 0.3 is 5.97 Å². The summed E-state index contributed by atoms with van der Waals surface area (Å²) in [5.74, 6) is -1.25. The average Bonchev–Trinajstić information content (AvgIpc) is 2.66. The first-order chi connectivity index (χ1) is 7.02. The van der Waals surface area contributed by atoms with Crippen LogP contribution in [0.5, 0.6) is 0 Å². The van der Waals surface area contributed by atoms with Crippen LogP contribution in [-0.2, 0) is 9.59 Å². The van der Waals surface area contributed by atoms with Crippen molar-refractivity contribution in [3.05, 3.63) is 0 Å². The lowest BCUT2D eigenvalue weighted by atomic mass is 9.77. The zero-order valence-electron chi connectivity index (χ0n) is 9.38. The fourth-order valence-corrected chi connectivity index (χ4v) is 2.51. The first-order valence-electron chi connectivity index (χ1n) is 5.47. The van der Waals surface area contributed by atoms with Crippen LogP contribution in [0.1, 0.15) is 39.0 Å². The average molecular weight is 213 g/mol. The van der Waals surface area contributed by atoms with Crippen LogP contribution >= 0.6 is 0 Å². The Morgan fingerprint density at radius 2 is 1.93 bits per heavy atom. The Bertz CT molecular complexity index is 257. The van der Waals surface area contributed by atoms with Crippen molar-refractivity contribution >= 4 is 11.9 Å². The second kappa shape index (κ2) is 4.64. The second-order valence-corrected chi connectivity index (χ2v) is 4.51. The van der Waals surface area contributed by atoms with Crippen LogP contribution in [-0.4, -0.2) is 24.0 Å². The lowest BCUT2D eigenvalue weighted by molar-refractivity contribution is -0.143. The van der Waals surface area contributed by atoms with Crippen molar-refractivity contribution in [1.29, 1.82) is 0 Å². The minimum absolute atomic E-state index is 0.00750. The van der Waals surface area contributed by atoms with Crippen molar-refractivity contribution < 1.29 is 14.7 Å². The quantitative estimate of drug-likeness (QED) is 0.742. The summed E-state index contributed by atoms with van der Waals surface area (Å²) in [6.07, 6.45) is 4.16. The number of aliphatic carboxylic acids is 1. The number of carboxylic acid groups (broad SMARTS) is 1. The monoisotopic (exact) mass is 213 g/mol. The van der Waals surface area contributed by atoms with Gasteiger partial charge in [0.1, 0.15) is 0 Å². The maximum absolute atomic E-state index is 11.8. The molecule has 0 aromatic rings. The SMILES string of the molecule is CNC(=O)C1(CC(C)C(=O)O)CCCC1. The van der Waals surface area contributed by atoms with Crippen molar-refractivity contribution in [2.24, 2.45) is 11.3 Å². The number of amides is 1. The molecule has 1 aliphatic carbocycles. The van der Waals surface area contributed by atoms with Crippen molar-refractivity contribution in [2.45, 2.75) is 39.0 Å². The van der Waals surface area contributed by atoms with Crippen LogP contribution in [0.2, 0.25) is 0 Å². The largest absolute Gasteiger partial charge is 0.481 e. The zero-order chi connectivity index (χ0) is 11.5. The standard InChI is InChI=1S/C11H19NO3/c1-8(9(13)14)7-11(10(15)12-2)5-3-4-6-11/h8H,3-7H2,1-2H3,(H,12,15)(H,13,14). The molecule has 15 heavy (non-hydrogen) atoms. The van der Waals surface area contributed by atoms with Gasteiger partial charge in [0.25, 0.3) is 0 Å². The van der Waals surface area contributed by atoms with Gasteiger partial charge in [-0.15, -0.1) is 0 Å². The number of rotatable bonds is 4. The Kier molecular flexibility index (Phi) is 3.72. The Labute approximate surface area is 90.0 Å². The molecule has 0 heterocycles. The highest BCUT2D eigenvalue weighted by atomic mass is 16.4. The number of hydrogen-bond donors (Lipinski definition) is 2. The van der Waals surface area contributed by atoms with Crippen molar-refractivity contribution in [3.8, 4) is 0 Å². The van der Waals surface area contributed by atoms with Crippen molar-refractivity contribution in [2.75, 3.05) is 7.05 Å². The molecule has 0 spiro atoms. The minimum Gasteiger partial charge on any atom is -0.481 e. The molecule has 1 fully saturated rings. The Balaban J connectivity index is 2.74. The van der Waals surface area contributed by atoms with Crippen LogP contribution in [0.25, 0.3) is 0 Å². The van der Waals surface area contributed by atoms with Gasteiger partial charge in [-0.05, 0) is 19.3 Å². The summed E-state index contributed by atoms with van der Waals surface area (Å²) >= 11 is 0. The molecule has 2 N–H and O–H groups in total. The molecule has 1 rings (SSSR count). The molecule has 0 aliphatic heterocycles. The molecule has 0 aromatic carbocycles. The van der Waals surface area contributed by atoms with Crippen LogP contribution in [0.15, 0.2) is 0 Å². The van der Waals surface area contributed by atoms with E-state index in [9.17, 15) is 9.59 Å². The highest BCUT2D eigenvalue weighted by molar-refractivity contribution is 5.83. The molecule has 0 aromatic heterocycles. The molecule has 0 saturated heterocycles. The van der Waals surface area contributed by atoms with Gasteiger partial charge < -0.3 is 10.4 Å². The van der Waals surface area contributed by atoms with Gasteiger partial charge in [-0.1, -0.05) is 19.8 Å². The van der Waals surface area contributed by atoms with E-state index in [2.05, 4.69) is 5.32 Å². The van der Waals surface area contributed by atoms with E-state index >= 15 is 0 Å². The Morgan fingerprint density at radius 1 is 1.40 bits per heavy atom. The third-order valence-electron chi connectivity index (χ3n) is 3.39. The predicted molar refractivity (Wildman–Crippen MR) is 56.4 cm³/mol. The summed E-state index contributed by atoms with van der Waals surface area (Å²) in [6.45, 7) is 1.67. The highest BCUT2D eigenvalue weighted by Gasteiger charge is 2.42. The first kappa shape index (κ1) is 12.0. The van der Waals surface area contributed by atoms with Gasteiger partial charge in [0.2, 0.25) is 5.91 Å². The van der Waals surface area contributed by atoms with Gasteiger partial charge in [-0.3, -0.25) is 9.59 Å². The predicted octanol–water partition coefficient (Wildman–Crippen LogP) is 1.40. The molecular formula is C11H19NO3. The molecular weight excluding hydrogens is 194 g/mol. The molecule has 1 aliphatic rings. The minimum atomic E-state index is -0.815. The number of nitrogens with one attached hydrogen (secondary N) is 1. The highest BCUT2D eigenvalue weighted by Crippen LogP contribution is 2.43. The fraction of sp³-hybridized carbons (Fsp3) is 0.818. The van der Waals surface area contributed by atoms with Gasteiger partial charge in [-0.25, -0.2) is 0 Å². The zero-order valence-corrected chi connectivity index (χ0v) is 9.38. The van der Waals surface area contributed by atoms with Gasteiger partial charge in [0.05, 0.1) is 5.92 Å². The molecule has 1 atom stereocenters. The summed E-state index contributed by atoms with van der Waals surface area (Å²) in [6, 6.07) is 0. The van der Waals surface area contributed by atoms with E-state index in [1.54, 1.807) is 14.0 Å². The molecule has 1 saturated carbocycles. The molecule has 1 amide bonds. The molecule has 1 unspecified atom stereocenters. The number of carbonyl (C=O) groups excluding carboxylic acids is 1. The molecule has 86 valence electrons. The maximum Gasteiger partial charge on any atom is 0.306 e. The summed E-state index contributed by atoms with van der Waals surface area (Å²) in [4.78, 5) is 22.6. The van der Waals surface area contributed by atoms with Gasteiger partial charge in [0.15, 0.2) is 0 Å². The Morgan fingerprint density at radius 3 is 2.33 bits per heavy atom. The van der Waals surface area contributed by atoms with Gasteiger partial charge in [-0.2, -0.15) is 0 Å². The van der Waals surface area contributed by atoms with Crippen molar-refractivity contribution in [1.82, 2.24) is 5.32 Å². The number of hydrogen-bond acceptors (Lipinski definition) is 2. The normalized spacial score (nSPS) is 20.9. The molecule has 0 radical (unpaired) electrons. The second-order valence-electron chi connectivity index (χ2n) is 4.51. The van der Waals surface area contributed by atoms with E-state index in [1.807, 2.05) is 0 Å². The third-order valence-corrected chi connectivity index (χ3v) is 3.39. The smallest absolute Gasteiger partial charge is 0.306 e. The summed E-state index contributed by atoms with van der Waals surface area (Å²) in [5, 5.41) is 11.5. The van der Waals surface area contributed by atoms with E-state index in [0.717, 1.165) is 25.7 Å². The number of carbonyl (C=O) groups is 2. The third kappa shape index (κ3) is 2.49. The lowest BCUT2D eigenvalue weighted by Gasteiger charge is -2.28. The van der Waals surface area contributed by atoms with E-state index in [0.29, 0.717) is 6.42 Å².